The van der Waals surface area contributed by atoms with Gasteiger partial charge in [-0.1, -0.05) is 0 Å². The summed E-state index contributed by atoms with van der Waals surface area (Å²) in [5.74, 6) is 0. The van der Waals surface area contributed by atoms with Crippen molar-refractivity contribution in [3.05, 3.63) is 118 Å². The average Bonchev–Trinajstić information content (AvgIpc) is 3.33. The maximum absolute atomic E-state index is 2.85. The Labute approximate surface area is 189 Å². The Morgan fingerprint density at radius 2 is 0.935 bits per heavy atom. The van der Waals surface area contributed by atoms with E-state index in [9.17, 15) is 0 Å². The van der Waals surface area contributed by atoms with Crippen molar-refractivity contribution >= 4 is 0 Å². The standard InChI is InChI=1S/C28H20.2CH3.Zr/c1-3-11-23-21(7-1)17-27-19(9-5-13-25(23)27)15-16-20-10-6-14-26-24-12-4-2-8-22(24)18-28(20)26;;;/h1-14,17-18H,15-16H2;2*1H3;. The molecular formula is C30H26Zr. The van der Waals surface area contributed by atoms with Gasteiger partial charge in [0.1, 0.15) is 0 Å². The van der Waals surface area contributed by atoms with Gasteiger partial charge in [0, 0.05) is 0 Å². The van der Waals surface area contributed by atoms with Crippen LogP contribution in [0.3, 0.4) is 0 Å². The van der Waals surface area contributed by atoms with Gasteiger partial charge in [-0.25, -0.2) is 0 Å². The first-order valence-corrected chi connectivity index (χ1v) is 19.3. The molecule has 4 aromatic carbocycles. The van der Waals surface area contributed by atoms with Crippen LogP contribution in [-0.4, -0.2) is 0 Å². The van der Waals surface area contributed by atoms with Gasteiger partial charge in [0.2, 0.25) is 0 Å². The van der Waals surface area contributed by atoms with E-state index in [0.29, 0.717) is 7.25 Å². The molecule has 3 aliphatic rings. The first-order valence-electron chi connectivity index (χ1n) is 11.6. The Balaban J connectivity index is 1.59. The minimum atomic E-state index is -2.85. The normalized spacial score (nSPS) is 21.2. The first-order chi connectivity index (χ1) is 15.2. The summed E-state index contributed by atoms with van der Waals surface area (Å²) in [6.07, 6.45) is 2.30. The van der Waals surface area contributed by atoms with Crippen LogP contribution in [0.15, 0.2) is 84.9 Å². The van der Waals surface area contributed by atoms with E-state index in [1.807, 2.05) is 0 Å². The summed E-state index contributed by atoms with van der Waals surface area (Å²) in [6.45, 7) is 0. The molecule has 0 bridgehead atoms. The van der Waals surface area contributed by atoms with Crippen molar-refractivity contribution in [2.45, 2.75) is 29.4 Å². The van der Waals surface area contributed by atoms with E-state index < -0.39 is 20.3 Å². The number of hydrogen-bond donors (Lipinski definition) is 0. The van der Waals surface area contributed by atoms with Crippen LogP contribution < -0.4 is 0 Å². The molecule has 31 heavy (non-hydrogen) atoms. The van der Waals surface area contributed by atoms with Crippen molar-refractivity contribution in [3.8, 4) is 22.3 Å². The van der Waals surface area contributed by atoms with Crippen LogP contribution in [-0.2, 0) is 33.1 Å². The van der Waals surface area contributed by atoms with Crippen LogP contribution in [0.5, 0.6) is 0 Å². The summed E-state index contributed by atoms with van der Waals surface area (Å²) in [6, 6.07) is 32.8. The van der Waals surface area contributed by atoms with Crippen LogP contribution in [0.2, 0.25) is 9.26 Å². The molecule has 0 radical (unpaired) electrons. The summed E-state index contributed by atoms with van der Waals surface area (Å²) < 4.78 is 6.71. The third-order valence-corrected chi connectivity index (χ3v) is 18.5. The zero-order valence-electron chi connectivity index (χ0n) is 18.2. The summed E-state index contributed by atoms with van der Waals surface area (Å²) in [5.41, 5.74) is 15.8. The molecule has 2 atom stereocenters. The predicted octanol–water partition coefficient (Wildman–Crippen LogP) is 7.88. The van der Waals surface area contributed by atoms with Crippen LogP contribution in [0.1, 0.15) is 40.6 Å². The third kappa shape index (κ3) is 2.34. The monoisotopic (exact) mass is 476 g/mol. The molecule has 0 nitrogen and oxygen atoms in total. The van der Waals surface area contributed by atoms with Gasteiger partial charge < -0.3 is 0 Å². The van der Waals surface area contributed by atoms with Crippen LogP contribution in [0.4, 0.5) is 0 Å². The molecule has 0 amide bonds. The van der Waals surface area contributed by atoms with Crippen molar-refractivity contribution in [2.75, 3.05) is 0 Å². The van der Waals surface area contributed by atoms with E-state index in [-0.39, 0.29) is 0 Å². The van der Waals surface area contributed by atoms with Crippen LogP contribution in [0, 0.1) is 0 Å². The van der Waals surface area contributed by atoms with Crippen molar-refractivity contribution < 1.29 is 20.3 Å². The van der Waals surface area contributed by atoms with E-state index in [1.165, 1.54) is 22.3 Å². The Hall–Kier alpha value is -2.24. The molecule has 150 valence electrons. The van der Waals surface area contributed by atoms with Gasteiger partial charge in [0.15, 0.2) is 0 Å². The fraction of sp³-hybridized carbons (Fsp3) is 0.200. The Bertz CT molecular complexity index is 1270. The Kier molecular flexibility index (Phi) is 3.78. The zero-order valence-corrected chi connectivity index (χ0v) is 20.6. The van der Waals surface area contributed by atoms with E-state index in [1.54, 1.807) is 33.4 Å². The second kappa shape index (κ2) is 6.40. The molecule has 0 spiro atoms. The molecule has 0 saturated carbocycles. The molecule has 2 aliphatic carbocycles. The predicted molar refractivity (Wildman–Crippen MR) is 127 cm³/mol. The van der Waals surface area contributed by atoms with E-state index in [0.717, 1.165) is 12.8 Å². The fourth-order valence-electron chi connectivity index (χ4n) is 7.09. The SMILES string of the molecule is [CH3][Zr]1([CH3])[CH]2c3ccccc3-c3cccc(c32)CCc2cccc3c2[CH]1c1ccccc1-3. The molecular weight excluding hydrogens is 452 g/mol. The summed E-state index contributed by atoms with van der Waals surface area (Å²) in [7, 11) is 0. The molecule has 0 N–H and O–H groups in total. The minimum absolute atomic E-state index is 0.617. The number of fused-ring (bicyclic) bond motifs is 6. The van der Waals surface area contributed by atoms with Crippen LogP contribution in [0.25, 0.3) is 22.3 Å². The topological polar surface area (TPSA) is 0 Å². The van der Waals surface area contributed by atoms with Gasteiger partial charge in [-0.15, -0.1) is 0 Å². The fourth-order valence-corrected chi connectivity index (χ4v) is 18.4. The second-order valence-corrected chi connectivity index (χ2v) is 21.9. The number of benzene rings is 4. The van der Waals surface area contributed by atoms with Crippen molar-refractivity contribution in [2.24, 2.45) is 0 Å². The summed E-state index contributed by atoms with van der Waals surface area (Å²) in [5, 5.41) is 0. The third-order valence-electron chi connectivity index (χ3n) is 8.25. The molecule has 7 rings (SSSR count). The maximum atomic E-state index is 2.74. The molecule has 1 heterocycles. The first kappa shape index (κ1) is 18.3. The molecule has 0 fully saturated rings. The molecule has 1 heteroatoms. The molecule has 0 aromatic heterocycles. The summed E-state index contributed by atoms with van der Waals surface area (Å²) in [4.78, 5) is 0. The van der Waals surface area contributed by atoms with Gasteiger partial charge in [0.05, 0.1) is 0 Å². The van der Waals surface area contributed by atoms with Crippen molar-refractivity contribution in [3.63, 3.8) is 0 Å². The Morgan fingerprint density at radius 1 is 0.516 bits per heavy atom. The van der Waals surface area contributed by atoms with E-state index in [2.05, 4.69) is 94.2 Å². The number of hydrogen-bond acceptors (Lipinski definition) is 0. The van der Waals surface area contributed by atoms with Gasteiger partial charge in [-0.3, -0.25) is 0 Å². The molecule has 2 unspecified atom stereocenters. The number of rotatable bonds is 0. The average molecular weight is 478 g/mol. The van der Waals surface area contributed by atoms with Crippen LogP contribution >= 0.6 is 0 Å². The van der Waals surface area contributed by atoms with Crippen molar-refractivity contribution in [1.29, 1.82) is 0 Å². The molecule has 4 aromatic rings. The molecule has 1 aliphatic heterocycles. The summed E-state index contributed by atoms with van der Waals surface area (Å²) >= 11 is -2.85. The van der Waals surface area contributed by atoms with Gasteiger partial charge >= 0.3 is 190 Å². The van der Waals surface area contributed by atoms with Gasteiger partial charge in [-0.05, 0) is 0 Å². The second-order valence-electron chi connectivity index (χ2n) is 10.1. The van der Waals surface area contributed by atoms with Gasteiger partial charge in [-0.2, -0.15) is 0 Å². The van der Waals surface area contributed by atoms with E-state index >= 15 is 0 Å². The Morgan fingerprint density at radius 3 is 1.42 bits per heavy atom. The quantitative estimate of drug-likeness (QED) is 0.242. The molecule has 0 saturated heterocycles. The number of aryl methyl sites for hydroxylation is 2. The van der Waals surface area contributed by atoms with Gasteiger partial charge in [0.25, 0.3) is 0 Å². The zero-order chi connectivity index (χ0) is 20.7. The van der Waals surface area contributed by atoms with Crippen molar-refractivity contribution in [1.82, 2.24) is 0 Å². The van der Waals surface area contributed by atoms with E-state index in [4.69, 9.17) is 0 Å².